The van der Waals surface area contributed by atoms with Crippen LogP contribution in [0.15, 0.2) is 30.6 Å². The van der Waals surface area contributed by atoms with E-state index in [1.807, 2.05) is 25.1 Å². The van der Waals surface area contributed by atoms with Crippen LogP contribution in [0.3, 0.4) is 0 Å². The van der Waals surface area contributed by atoms with Crippen molar-refractivity contribution >= 4 is 29.2 Å². The van der Waals surface area contributed by atoms with Gasteiger partial charge in [-0.2, -0.15) is 0 Å². The van der Waals surface area contributed by atoms with Gasteiger partial charge in [0.25, 0.3) is 5.91 Å². The predicted octanol–water partition coefficient (Wildman–Crippen LogP) is 1.72. The number of nitrogens with zero attached hydrogens (tertiary/aromatic N) is 3. The summed E-state index contributed by atoms with van der Waals surface area (Å²) >= 11 is 0. The number of nitrogens with one attached hydrogen (secondary N) is 3. The average molecular weight is 390 g/mol. The highest BCUT2D eigenvalue weighted by molar-refractivity contribution is 6.05. The quantitative estimate of drug-likeness (QED) is 0.586. The van der Waals surface area contributed by atoms with E-state index in [0.717, 1.165) is 22.6 Å². The van der Waals surface area contributed by atoms with Gasteiger partial charge >= 0.3 is 0 Å². The summed E-state index contributed by atoms with van der Waals surface area (Å²) < 4.78 is 0. The maximum absolute atomic E-state index is 12.9. The van der Waals surface area contributed by atoms with Crippen molar-refractivity contribution in [3.63, 3.8) is 0 Å². The molecule has 0 saturated carbocycles. The van der Waals surface area contributed by atoms with Crippen LogP contribution in [-0.2, 0) is 16.1 Å². The zero-order valence-electron chi connectivity index (χ0n) is 15.7. The van der Waals surface area contributed by atoms with Crippen LogP contribution in [0.1, 0.15) is 34.5 Å². The summed E-state index contributed by atoms with van der Waals surface area (Å²) in [7, 11) is 0. The molecule has 3 N–H and O–H groups in total. The molecule has 9 heteroatoms. The summed E-state index contributed by atoms with van der Waals surface area (Å²) in [5.74, 6) is -0.318. The third-order valence-electron chi connectivity index (χ3n) is 5.33. The van der Waals surface area contributed by atoms with Gasteiger partial charge in [0.2, 0.25) is 11.8 Å². The molecule has 4 aliphatic heterocycles. The van der Waals surface area contributed by atoms with E-state index >= 15 is 0 Å². The topological polar surface area (TPSA) is 120 Å². The molecule has 0 bridgehead atoms. The number of benzene rings is 1. The van der Waals surface area contributed by atoms with Crippen LogP contribution in [0.4, 0.5) is 11.5 Å². The molecule has 1 aromatic rings. The zero-order valence-corrected chi connectivity index (χ0v) is 15.7. The highest BCUT2D eigenvalue weighted by Gasteiger charge is 2.39. The Hall–Kier alpha value is -3.75. The van der Waals surface area contributed by atoms with Crippen molar-refractivity contribution in [2.45, 2.75) is 32.4 Å². The molecule has 1 atom stereocenters. The molecule has 0 spiro atoms. The Bertz CT molecular complexity index is 1140. The molecule has 0 aromatic heterocycles. The van der Waals surface area contributed by atoms with Gasteiger partial charge in [0.1, 0.15) is 11.7 Å². The van der Waals surface area contributed by atoms with Crippen LogP contribution in [0.5, 0.6) is 0 Å². The minimum absolute atomic E-state index is 0.208. The summed E-state index contributed by atoms with van der Waals surface area (Å²) in [6.45, 7) is 2.27. The number of aromatic nitrogens is 3. The number of piperidine rings is 1. The van der Waals surface area contributed by atoms with E-state index in [4.69, 9.17) is 0 Å². The fraction of sp³-hybridized carbons (Fsp3) is 0.250. The lowest BCUT2D eigenvalue weighted by Gasteiger charge is -2.29. The summed E-state index contributed by atoms with van der Waals surface area (Å²) in [6, 6.07) is 6.83. The number of fused-ring (bicyclic) bond motifs is 2. The van der Waals surface area contributed by atoms with Crippen LogP contribution in [0.2, 0.25) is 0 Å². The van der Waals surface area contributed by atoms with Gasteiger partial charge < -0.3 is 15.2 Å². The van der Waals surface area contributed by atoms with Gasteiger partial charge in [0, 0.05) is 29.9 Å². The van der Waals surface area contributed by atoms with Gasteiger partial charge in [0.05, 0.1) is 12.0 Å². The molecule has 9 nitrogen and oxygen atoms in total. The second-order valence-corrected chi connectivity index (χ2v) is 7.31. The Morgan fingerprint density at radius 3 is 2.90 bits per heavy atom. The van der Waals surface area contributed by atoms with Gasteiger partial charge in [-0.05, 0) is 37.1 Å². The summed E-state index contributed by atoms with van der Waals surface area (Å²) in [6.07, 6.45) is 2.18. The molecular weight excluding hydrogens is 372 g/mol. The number of rotatable bonds is 3. The van der Waals surface area contributed by atoms with E-state index in [1.54, 1.807) is 12.4 Å². The molecule has 0 aliphatic carbocycles. The standard InChI is InChI=1S/C20H18N6O3/c1-10-6-14-17(23-10)18(22-9-21-14)24-12-3-2-11-8-26(20(29)13(11)7-12)15-4-5-16(27)25-19(15)28/h2-3,6-7,9,15,24H,4-5,8H2,1H3,(H,21,22)(H,25,27,28). The smallest absolute Gasteiger partial charge is 0.255 e. The van der Waals surface area contributed by atoms with E-state index in [1.165, 1.54) is 4.90 Å². The number of H-pyrrole nitrogens is 1. The van der Waals surface area contributed by atoms with Gasteiger partial charge in [0.15, 0.2) is 5.82 Å². The molecule has 3 amide bonds. The normalized spacial score (nSPS) is 18.9. The fourth-order valence-electron chi connectivity index (χ4n) is 3.92. The van der Waals surface area contributed by atoms with E-state index in [2.05, 4.69) is 25.6 Å². The Balaban J connectivity index is 1.40. The number of carbonyl (C=O) groups excluding carboxylic acids is 3. The fourth-order valence-corrected chi connectivity index (χ4v) is 3.92. The molecule has 5 rings (SSSR count). The summed E-state index contributed by atoms with van der Waals surface area (Å²) in [5, 5.41) is 5.55. The number of hydrogen-bond donors (Lipinski definition) is 3. The van der Waals surface area contributed by atoms with Gasteiger partial charge in [-0.3, -0.25) is 19.7 Å². The zero-order chi connectivity index (χ0) is 20.1. The molecular formula is C20H18N6O3. The SMILES string of the molecule is Cc1cc2[nH]cnc(Nc3ccc4c(c3)C(=O)N(C3CCC(=O)NC3=O)C4)c-2n1. The van der Waals surface area contributed by atoms with E-state index in [-0.39, 0.29) is 18.2 Å². The predicted molar refractivity (Wildman–Crippen MR) is 104 cm³/mol. The lowest BCUT2D eigenvalue weighted by Crippen LogP contribution is -2.52. The van der Waals surface area contributed by atoms with E-state index < -0.39 is 11.9 Å². The number of amides is 3. The van der Waals surface area contributed by atoms with Crippen molar-refractivity contribution in [1.29, 1.82) is 0 Å². The molecule has 4 aliphatic rings. The monoisotopic (exact) mass is 390 g/mol. The first-order chi connectivity index (χ1) is 14.0. The van der Waals surface area contributed by atoms with Crippen molar-refractivity contribution in [1.82, 2.24) is 25.2 Å². The molecule has 146 valence electrons. The van der Waals surface area contributed by atoms with Gasteiger partial charge in [-0.1, -0.05) is 6.07 Å². The number of anilines is 2. The van der Waals surface area contributed by atoms with Crippen LogP contribution in [0.25, 0.3) is 11.4 Å². The Morgan fingerprint density at radius 2 is 2.07 bits per heavy atom. The molecule has 1 fully saturated rings. The minimum Gasteiger partial charge on any atom is -0.344 e. The third-order valence-corrected chi connectivity index (χ3v) is 5.33. The number of imide groups is 1. The van der Waals surface area contributed by atoms with Gasteiger partial charge in [-0.25, -0.2) is 9.97 Å². The van der Waals surface area contributed by atoms with Crippen molar-refractivity contribution in [2.24, 2.45) is 0 Å². The molecule has 0 radical (unpaired) electrons. The largest absolute Gasteiger partial charge is 0.344 e. The second kappa shape index (κ2) is 6.40. The Morgan fingerprint density at radius 1 is 1.21 bits per heavy atom. The summed E-state index contributed by atoms with van der Waals surface area (Å²) in [4.78, 5) is 49.9. The van der Waals surface area contributed by atoms with Crippen LogP contribution >= 0.6 is 0 Å². The maximum atomic E-state index is 12.9. The first kappa shape index (κ1) is 17.4. The Kier molecular flexibility index (Phi) is 3.83. The third kappa shape index (κ3) is 2.91. The molecule has 29 heavy (non-hydrogen) atoms. The molecule has 1 aromatic carbocycles. The number of carbonyl (C=O) groups is 3. The summed E-state index contributed by atoms with van der Waals surface area (Å²) in [5.41, 5.74) is 4.60. The number of aromatic amines is 1. The van der Waals surface area contributed by atoms with Gasteiger partial charge in [-0.15, -0.1) is 0 Å². The van der Waals surface area contributed by atoms with E-state index in [9.17, 15) is 14.4 Å². The highest BCUT2D eigenvalue weighted by Crippen LogP contribution is 2.32. The van der Waals surface area contributed by atoms with Crippen LogP contribution in [-0.4, -0.2) is 43.6 Å². The highest BCUT2D eigenvalue weighted by atomic mass is 16.2. The molecule has 1 saturated heterocycles. The Labute approximate surface area is 165 Å². The van der Waals surface area contributed by atoms with Crippen molar-refractivity contribution in [3.8, 4) is 11.4 Å². The maximum Gasteiger partial charge on any atom is 0.255 e. The molecule has 1 unspecified atom stereocenters. The average Bonchev–Trinajstić information content (AvgIpc) is 3.22. The first-order valence-electron chi connectivity index (χ1n) is 9.35. The second-order valence-electron chi connectivity index (χ2n) is 7.31. The van der Waals surface area contributed by atoms with Crippen molar-refractivity contribution in [2.75, 3.05) is 5.32 Å². The van der Waals surface area contributed by atoms with Crippen LogP contribution < -0.4 is 10.6 Å². The minimum atomic E-state index is -0.619. The molecule has 4 heterocycles. The lowest BCUT2D eigenvalue weighted by molar-refractivity contribution is -0.136. The number of hydrogen-bond acceptors (Lipinski definition) is 6. The van der Waals surface area contributed by atoms with Crippen molar-refractivity contribution in [3.05, 3.63) is 47.4 Å². The van der Waals surface area contributed by atoms with E-state index in [0.29, 0.717) is 30.0 Å². The number of aryl methyl sites for hydroxylation is 1. The first-order valence-corrected chi connectivity index (χ1v) is 9.35. The lowest BCUT2D eigenvalue weighted by atomic mass is 10.0. The van der Waals surface area contributed by atoms with Crippen molar-refractivity contribution < 1.29 is 14.4 Å². The van der Waals surface area contributed by atoms with Crippen LogP contribution in [0, 0.1) is 6.92 Å².